The fourth-order valence-corrected chi connectivity index (χ4v) is 10.3. The summed E-state index contributed by atoms with van der Waals surface area (Å²) < 4.78 is 0. The Morgan fingerprint density at radius 2 is 0.659 bits per heavy atom. The van der Waals surface area contributed by atoms with E-state index in [1.807, 2.05) is 45.3 Å². The molecule has 0 atom stereocenters. The quantitative estimate of drug-likeness (QED) is 0.0618. The van der Waals surface area contributed by atoms with E-state index in [1.54, 1.807) is 0 Å². The van der Waals surface area contributed by atoms with Crippen molar-refractivity contribution in [2.45, 2.75) is 155 Å². The fourth-order valence-electron chi connectivity index (χ4n) is 6.11. The maximum Gasteiger partial charge on any atom is 0.0449 e. The minimum atomic E-state index is 1.24. The van der Waals surface area contributed by atoms with Crippen molar-refractivity contribution < 1.29 is 0 Å². The highest BCUT2D eigenvalue weighted by atomic mass is 32.1. The van der Waals surface area contributed by atoms with Crippen molar-refractivity contribution in [3.8, 4) is 29.3 Å². The van der Waals surface area contributed by atoms with Crippen molar-refractivity contribution in [2.24, 2.45) is 0 Å². The second-order valence-electron chi connectivity index (χ2n) is 12.8. The van der Waals surface area contributed by atoms with E-state index in [2.05, 4.69) is 61.0 Å². The van der Waals surface area contributed by atoms with Crippen LogP contribution in [0.5, 0.6) is 0 Å². The molecular formula is C40H58S4. The van der Waals surface area contributed by atoms with Crippen molar-refractivity contribution in [1.82, 2.24) is 0 Å². The van der Waals surface area contributed by atoms with Crippen LogP contribution in [0.15, 0.2) is 47.2 Å². The van der Waals surface area contributed by atoms with Gasteiger partial charge in [0.05, 0.1) is 0 Å². The van der Waals surface area contributed by atoms with Crippen LogP contribution in [0.4, 0.5) is 0 Å². The molecule has 44 heavy (non-hydrogen) atoms. The topological polar surface area (TPSA) is 0 Å². The van der Waals surface area contributed by atoms with Crippen LogP contribution in [0, 0.1) is 0 Å². The van der Waals surface area contributed by atoms with Gasteiger partial charge in [0.1, 0.15) is 0 Å². The third-order valence-electron chi connectivity index (χ3n) is 8.89. The standard InChI is InChI=1S/C40H58S4/c1-3-5-7-9-11-13-15-17-19-21-23-33-29-39(41-31-33)37-27-25-35(43-37)36-26-28-38(44-36)40-30-34(32-42-40)24-22-20-18-16-14-12-10-8-6-4-2/h25-32H,3-24H2,1-2H3. The van der Waals surface area contributed by atoms with Crippen LogP contribution in [-0.2, 0) is 12.8 Å². The van der Waals surface area contributed by atoms with Crippen LogP contribution in [-0.4, -0.2) is 0 Å². The van der Waals surface area contributed by atoms with E-state index >= 15 is 0 Å². The van der Waals surface area contributed by atoms with Gasteiger partial charge >= 0.3 is 0 Å². The lowest BCUT2D eigenvalue weighted by Crippen LogP contribution is -1.84. The van der Waals surface area contributed by atoms with Crippen molar-refractivity contribution in [3.05, 3.63) is 58.3 Å². The molecule has 4 heteroatoms. The summed E-state index contributed by atoms with van der Waals surface area (Å²) in [7, 11) is 0. The van der Waals surface area contributed by atoms with Crippen LogP contribution in [0.3, 0.4) is 0 Å². The lowest BCUT2D eigenvalue weighted by Gasteiger charge is -2.02. The number of hydrogen-bond donors (Lipinski definition) is 0. The lowest BCUT2D eigenvalue weighted by molar-refractivity contribution is 0.556. The third-order valence-corrected chi connectivity index (χ3v) is 13.6. The zero-order valence-corrected chi connectivity index (χ0v) is 31.1. The first kappa shape index (κ1) is 35.7. The average Bonchev–Trinajstić information content (AvgIpc) is 3.85. The molecule has 0 saturated carbocycles. The first-order valence-corrected chi connectivity index (χ1v) is 21.5. The van der Waals surface area contributed by atoms with Crippen molar-refractivity contribution in [2.75, 3.05) is 0 Å². The number of rotatable bonds is 25. The van der Waals surface area contributed by atoms with E-state index in [4.69, 9.17) is 0 Å². The molecule has 0 saturated heterocycles. The van der Waals surface area contributed by atoms with Crippen molar-refractivity contribution in [3.63, 3.8) is 0 Å². The van der Waals surface area contributed by atoms with Gasteiger partial charge in [-0.05, 0) is 84.0 Å². The summed E-state index contributed by atoms with van der Waals surface area (Å²) in [4.78, 5) is 8.53. The largest absolute Gasteiger partial charge is 0.143 e. The highest BCUT2D eigenvalue weighted by Gasteiger charge is 2.12. The molecular weight excluding hydrogens is 609 g/mol. The highest BCUT2D eigenvalue weighted by Crippen LogP contribution is 2.43. The molecule has 0 bridgehead atoms. The number of hydrogen-bond acceptors (Lipinski definition) is 4. The Morgan fingerprint density at radius 3 is 1.00 bits per heavy atom. The van der Waals surface area contributed by atoms with Gasteiger partial charge < -0.3 is 0 Å². The average molecular weight is 667 g/mol. The van der Waals surface area contributed by atoms with E-state index in [-0.39, 0.29) is 0 Å². The van der Waals surface area contributed by atoms with Gasteiger partial charge in [0, 0.05) is 29.3 Å². The minimum Gasteiger partial charge on any atom is -0.143 e. The Labute approximate surface area is 286 Å². The molecule has 0 aliphatic heterocycles. The predicted octanol–water partition coefficient (Wildman–Crippen LogP) is 15.9. The summed E-state index contributed by atoms with van der Waals surface area (Å²) >= 11 is 7.77. The van der Waals surface area contributed by atoms with Gasteiger partial charge in [-0.3, -0.25) is 0 Å². The minimum absolute atomic E-state index is 1.24. The zero-order chi connectivity index (χ0) is 30.7. The van der Waals surface area contributed by atoms with E-state index in [0.717, 1.165) is 0 Å². The number of thiophene rings is 4. The maximum atomic E-state index is 2.45. The van der Waals surface area contributed by atoms with Gasteiger partial charge in [-0.25, -0.2) is 0 Å². The van der Waals surface area contributed by atoms with Crippen LogP contribution in [0.2, 0.25) is 0 Å². The molecule has 0 fully saturated rings. The summed E-state index contributed by atoms with van der Waals surface area (Å²) in [6.07, 6.45) is 30.6. The van der Waals surface area contributed by atoms with Crippen LogP contribution in [0.1, 0.15) is 153 Å². The molecule has 0 amide bonds. The summed E-state index contributed by atoms with van der Waals surface area (Å²) in [6, 6.07) is 14.3. The molecule has 4 heterocycles. The Hall–Kier alpha value is -1.20. The Bertz CT molecular complexity index is 1170. The molecule has 4 aromatic rings. The SMILES string of the molecule is CCCCCCCCCCCCc1csc(-c2ccc(-c3ccc(-c4cc(CCCCCCCCCCCC)cs4)s3)s2)c1. The molecule has 0 spiro atoms. The third kappa shape index (κ3) is 12.9. The van der Waals surface area contributed by atoms with Crippen molar-refractivity contribution >= 4 is 45.3 Å². The fraction of sp³-hybridized carbons (Fsp3) is 0.600. The van der Waals surface area contributed by atoms with E-state index < -0.39 is 0 Å². The van der Waals surface area contributed by atoms with Gasteiger partial charge in [0.2, 0.25) is 0 Å². The van der Waals surface area contributed by atoms with Gasteiger partial charge in [-0.15, -0.1) is 45.3 Å². The van der Waals surface area contributed by atoms with E-state index in [1.165, 1.54) is 182 Å². The molecule has 0 N–H and O–H groups in total. The normalized spacial score (nSPS) is 11.6. The van der Waals surface area contributed by atoms with Gasteiger partial charge in [-0.1, -0.05) is 129 Å². The molecule has 0 unspecified atom stereocenters. The molecule has 4 rings (SSSR count). The molecule has 0 radical (unpaired) electrons. The second-order valence-corrected chi connectivity index (χ2v) is 16.8. The summed E-state index contributed by atoms with van der Waals surface area (Å²) in [5.41, 5.74) is 3.06. The van der Waals surface area contributed by atoms with Crippen LogP contribution < -0.4 is 0 Å². The Morgan fingerprint density at radius 1 is 0.364 bits per heavy atom. The number of aryl methyl sites for hydroxylation is 2. The Kier molecular flexibility index (Phi) is 17.5. The first-order valence-electron chi connectivity index (χ1n) is 18.1. The molecule has 0 aliphatic carbocycles. The lowest BCUT2D eigenvalue weighted by atomic mass is 10.0. The number of unbranched alkanes of at least 4 members (excludes halogenated alkanes) is 18. The first-order chi connectivity index (χ1) is 21.8. The van der Waals surface area contributed by atoms with Gasteiger partial charge in [0.15, 0.2) is 0 Å². The predicted molar refractivity (Wildman–Crippen MR) is 205 cm³/mol. The Balaban J connectivity index is 1.14. The monoisotopic (exact) mass is 666 g/mol. The zero-order valence-electron chi connectivity index (χ0n) is 27.8. The van der Waals surface area contributed by atoms with E-state index in [0.29, 0.717) is 0 Å². The highest BCUT2D eigenvalue weighted by molar-refractivity contribution is 7.28. The maximum absolute atomic E-state index is 2.45. The van der Waals surface area contributed by atoms with Crippen molar-refractivity contribution in [1.29, 1.82) is 0 Å². The van der Waals surface area contributed by atoms with Crippen LogP contribution in [0.25, 0.3) is 29.3 Å². The van der Waals surface area contributed by atoms with E-state index in [9.17, 15) is 0 Å². The molecule has 0 nitrogen and oxygen atoms in total. The van der Waals surface area contributed by atoms with Gasteiger partial charge in [-0.2, -0.15) is 0 Å². The molecule has 0 aromatic carbocycles. The van der Waals surface area contributed by atoms with Crippen LogP contribution >= 0.6 is 45.3 Å². The molecule has 4 aromatic heterocycles. The second kappa shape index (κ2) is 21.6. The summed E-state index contributed by atoms with van der Waals surface area (Å²) in [5.74, 6) is 0. The van der Waals surface area contributed by atoms with Gasteiger partial charge in [0.25, 0.3) is 0 Å². The summed E-state index contributed by atoms with van der Waals surface area (Å²) in [5, 5.41) is 4.80. The summed E-state index contributed by atoms with van der Waals surface area (Å²) in [6.45, 7) is 4.60. The molecule has 0 aliphatic rings. The smallest absolute Gasteiger partial charge is 0.0449 e. The molecule has 242 valence electrons.